The number of pyridine rings is 1. The highest BCUT2D eigenvalue weighted by atomic mass is 32.2. The van der Waals surface area contributed by atoms with Crippen molar-refractivity contribution >= 4 is 43.8 Å². The molecule has 2 aromatic heterocycles. The van der Waals surface area contributed by atoms with E-state index in [9.17, 15) is 12.8 Å². The maximum atomic E-state index is 15.4. The molecule has 0 fully saturated rings. The van der Waals surface area contributed by atoms with Gasteiger partial charge in [0.05, 0.1) is 29.2 Å². The van der Waals surface area contributed by atoms with Crippen LogP contribution in [0.4, 0.5) is 31.8 Å². The van der Waals surface area contributed by atoms with Gasteiger partial charge in [0.1, 0.15) is 17.6 Å². The molecule has 198 valence electrons. The van der Waals surface area contributed by atoms with Gasteiger partial charge in [-0.1, -0.05) is 13.0 Å². The van der Waals surface area contributed by atoms with Crippen LogP contribution in [0.2, 0.25) is 0 Å². The molecule has 1 atom stereocenters. The van der Waals surface area contributed by atoms with Gasteiger partial charge in [0.2, 0.25) is 11.8 Å². The van der Waals surface area contributed by atoms with Crippen LogP contribution < -0.4 is 21.1 Å². The number of nitrogens with one attached hydrogen (secondary N) is 2. The second-order valence-corrected chi connectivity index (χ2v) is 11.5. The molecular formula is C26H26F2N6O3S. The number of nitrogens with zero attached hydrogens (tertiary/aromatic N) is 3. The molecule has 0 bridgehead atoms. The van der Waals surface area contributed by atoms with Gasteiger partial charge in [-0.25, -0.2) is 32.2 Å². The first-order chi connectivity index (χ1) is 18.1. The van der Waals surface area contributed by atoms with Crippen molar-refractivity contribution in [1.82, 2.24) is 15.0 Å². The number of anilines is 4. The van der Waals surface area contributed by atoms with Crippen molar-refractivity contribution in [2.75, 3.05) is 28.7 Å². The second kappa shape index (κ2) is 9.67. The van der Waals surface area contributed by atoms with Crippen LogP contribution in [0.5, 0.6) is 5.88 Å². The third kappa shape index (κ3) is 4.78. The highest BCUT2D eigenvalue weighted by molar-refractivity contribution is 7.90. The summed E-state index contributed by atoms with van der Waals surface area (Å²) in [5, 5.41) is 6.38. The molecule has 1 aliphatic rings. The van der Waals surface area contributed by atoms with E-state index in [4.69, 9.17) is 10.5 Å². The van der Waals surface area contributed by atoms with Gasteiger partial charge in [0, 0.05) is 34.7 Å². The van der Waals surface area contributed by atoms with Gasteiger partial charge in [-0.3, -0.25) is 0 Å². The standard InChI is InChI=1S/C26H26F2N6O3S/c1-4-38(35,36)12-15-5-6-20(19(27)7-15)33-26-32-11-18-21(34-26)8-16(22(28)23(18)29)17-10-31-25-24(14(17)3)30-9-13(2)37-25/h5-8,10-11,13,30H,4,9,12,29H2,1-3H3,(H,32,33,34)/t13-/m1/s1. The summed E-state index contributed by atoms with van der Waals surface area (Å²) in [6.07, 6.45) is 2.86. The van der Waals surface area contributed by atoms with Crippen LogP contribution in [0.25, 0.3) is 22.0 Å². The molecule has 12 heteroatoms. The Morgan fingerprint density at radius 1 is 1.18 bits per heavy atom. The summed E-state index contributed by atoms with van der Waals surface area (Å²) in [4.78, 5) is 12.9. The van der Waals surface area contributed by atoms with E-state index in [-0.39, 0.29) is 40.5 Å². The fourth-order valence-corrected chi connectivity index (χ4v) is 5.18. The summed E-state index contributed by atoms with van der Waals surface area (Å²) in [5.74, 6) is -1.05. The molecule has 2 aromatic carbocycles. The Morgan fingerprint density at radius 2 is 1.97 bits per heavy atom. The number of fused-ring (bicyclic) bond motifs is 2. The number of rotatable bonds is 6. The van der Waals surface area contributed by atoms with E-state index in [0.717, 1.165) is 11.6 Å². The lowest BCUT2D eigenvalue weighted by atomic mass is 9.98. The Hall–Kier alpha value is -4.06. The third-order valence-corrected chi connectivity index (χ3v) is 8.09. The van der Waals surface area contributed by atoms with Crippen LogP contribution in [0.15, 0.2) is 36.7 Å². The first kappa shape index (κ1) is 25.6. The Labute approximate surface area is 218 Å². The van der Waals surface area contributed by atoms with Crippen LogP contribution in [0, 0.1) is 18.6 Å². The fourth-order valence-electron chi connectivity index (χ4n) is 4.29. The number of benzene rings is 2. The monoisotopic (exact) mass is 540 g/mol. The zero-order valence-corrected chi connectivity index (χ0v) is 21.8. The van der Waals surface area contributed by atoms with Gasteiger partial charge in [0.25, 0.3) is 0 Å². The zero-order valence-electron chi connectivity index (χ0n) is 21.0. The smallest absolute Gasteiger partial charge is 0.238 e. The average Bonchev–Trinajstić information content (AvgIpc) is 2.88. The lowest BCUT2D eigenvalue weighted by molar-refractivity contribution is 0.216. The van der Waals surface area contributed by atoms with Crippen molar-refractivity contribution < 1.29 is 21.9 Å². The van der Waals surface area contributed by atoms with Crippen LogP contribution in [0.1, 0.15) is 25.0 Å². The number of nitrogens with two attached hydrogens (primary N) is 1. The van der Waals surface area contributed by atoms with E-state index in [2.05, 4.69) is 25.6 Å². The summed E-state index contributed by atoms with van der Waals surface area (Å²) >= 11 is 0. The van der Waals surface area contributed by atoms with E-state index in [1.165, 1.54) is 31.5 Å². The van der Waals surface area contributed by atoms with Gasteiger partial charge in [0.15, 0.2) is 15.7 Å². The molecule has 4 aromatic rings. The predicted octanol–water partition coefficient (Wildman–Crippen LogP) is 4.73. The highest BCUT2D eigenvalue weighted by Gasteiger charge is 2.23. The van der Waals surface area contributed by atoms with Gasteiger partial charge in [-0.05, 0) is 43.2 Å². The quantitative estimate of drug-likeness (QED) is 0.297. The third-order valence-electron chi connectivity index (χ3n) is 6.44. The van der Waals surface area contributed by atoms with Crippen molar-refractivity contribution in [3.63, 3.8) is 0 Å². The summed E-state index contributed by atoms with van der Waals surface area (Å²) < 4.78 is 59.6. The number of hydrogen-bond acceptors (Lipinski definition) is 9. The molecule has 0 saturated carbocycles. The molecule has 3 heterocycles. The van der Waals surface area contributed by atoms with Crippen LogP contribution in [-0.2, 0) is 15.6 Å². The van der Waals surface area contributed by atoms with Gasteiger partial charge < -0.3 is 21.1 Å². The Kier molecular flexibility index (Phi) is 6.51. The molecule has 1 aliphatic heterocycles. The summed E-state index contributed by atoms with van der Waals surface area (Å²) in [6, 6.07) is 5.65. The van der Waals surface area contributed by atoms with Crippen molar-refractivity contribution in [2.24, 2.45) is 0 Å². The largest absolute Gasteiger partial charge is 0.471 e. The van der Waals surface area contributed by atoms with Crippen molar-refractivity contribution in [3.8, 4) is 17.0 Å². The summed E-state index contributed by atoms with van der Waals surface area (Å²) in [5.41, 5.74) is 8.92. The van der Waals surface area contributed by atoms with E-state index in [0.29, 0.717) is 40.1 Å². The first-order valence-electron chi connectivity index (χ1n) is 12.0. The molecule has 0 radical (unpaired) electrons. The minimum Gasteiger partial charge on any atom is -0.471 e. The lowest BCUT2D eigenvalue weighted by Crippen LogP contribution is -2.28. The van der Waals surface area contributed by atoms with Crippen molar-refractivity contribution in [1.29, 1.82) is 0 Å². The average molecular weight is 541 g/mol. The molecule has 0 amide bonds. The van der Waals surface area contributed by atoms with Gasteiger partial charge in [-0.2, -0.15) is 0 Å². The molecule has 0 unspecified atom stereocenters. The minimum absolute atomic E-state index is 0.0319. The number of ether oxygens (including phenoxy) is 1. The van der Waals surface area contributed by atoms with E-state index >= 15 is 4.39 Å². The molecule has 9 nitrogen and oxygen atoms in total. The van der Waals surface area contributed by atoms with Gasteiger partial charge in [-0.15, -0.1) is 0 Å². The number of aromatic nitrogens is 3. The highest BCUT2D eigenvalue weighted by Crippen LogP contribution is 2.39. The number of nitrogen functional groups attached to an aromatic ring is 1. The molecule has 38 heavy (non-hydrogen) atoms. The minimum atomic E-state index is -3.30. The topological polar surface area (TPSA) is 132 Å². The van der Waals surface area contributed by atoms with Crippen LogP contribution >= 0.6 is 0 Å². The normalized spacial score (nSPS) is 15.0. The maximum absolute atomic E-state index is 15.4. The Balaban J connectivity index is 1.50. The van der Waals surface area contributed by atoms with Crippen molar-refractivity contribution in [2.45, 2.75) is 32.6 Å². The lowest BCUT2D eigenvalue weighted by Gasteiger charge is -2.26. The first-order valence-corrected chi connectivity index (χ1v) is 13.8. The number of sulfone groups is 1. The second-order valence-electron chi connectivity index (χ2n) is 9.18. The maximum Gasteiger partial charge on any atom is 0.238 e. The molecule has 0 saturated heterocycles. The number of hydrogen-bond donors (Lipinski definition) is 3. The van der Waals surface area contributed by atoms with E-state index < -0.39 is 21.5 Å². The molecule has 5 rings (SSSR count). The molecule has 0 spiro atoms. The molecule has 0 aliphatic carbocycles. The molecule has 4 N–H and O–H groups in total. The van der Waals surface area contributed by atoms with Crippen LogP contribution in [-0.4, -0.2) is 41.8 Å². The zero-order chi connectivity index (χ0) is 27.2. The summed E-state index contributed by atoms with van der Waals surface area (Å²) in [6.45, 7) is 5.90. The van der Waals surface area contributed by atoms with Crippen LogP contribution in [0.3, 0.4) is 0 Å². The summed E-state index contributed by atoms with van der Waals surface area (Å²) in [7, 11) is -3.30. The SMILES string of the molecule is CCS(=O)(=O)Cc1ccc(Nc2ncc3c(N)c(F)c(-c4cnc5c(c4C)NC[C@@H](C)O5)cc3n2)c(F)c1. The molecular weight excluding hydrogens is 514 g/mol. The van der Waals surface area contributed by atoms with E-state index in [1.54, 1.807) is 6.07 Å². The van der Waals surface area contributed by atoms with Gasteiger partial charge >= 0.3 is 0 Å². The van der Waals surface area contributed by atoms with E-state index in [1.807, 2.05) is 13.8 Å². The Morgan fingerprint density at radius 3 is 2.71 bits per heavy atom. The predicted molar refractivity (Wildman–Crippen MR) is 143 cm³/mol. The fraction of sp³-hybridized carbons (Fsp3) is 0.269. The Bertz CT molecular complexity index is 1680. The number of halogens is 2. The van der Waals surface area contributed by atoms with Crippen molar-refractivity contribution in [3.05, 3.63) is 59.4 Å².